The van der Waals surface area contributed by atoms with Crippen LogP contribution in [0.5, 0.6) is 0 Å². The van der Waals surface area contributed by atoms with E-state index in [4.69, 9.17) is 4.84 Å². The van der Waals surface area contributed by atoms with Crippen LogP contribution < -0.4 is 0 Å². The number of esters is 1. The molecule has 7 nitrogen and oxygen atoms in total. The third-order valence-corrected chi connectivity index (χ3v) is 3.01. The summed E-state index contributed by atoms with van der Waals surface area (Å²) in [4.78, 5) is 29.6. The van der Waals surface area contributed by atoms with Gasteiger partial charge in [-0.25, -0.2) is 18.8 Å². The van der Waals surface area contributed by atoms with E-state index in [0.717, 1.165) is 10.6 Å². The summed E-state index contributed by atoms with van der Waals surface area (Å²) >= 11 is 0. The minimum atomic E-state index is -2.33. The van der Waals surface area contributed by atoms with Gasteiger partial charge in [0.1, 0.15) is 6.61 Å². The number of ether oxygens (including phenoxy) is 2. The molecule has 0 saturated carbocycles. The molecule has 0 aromatic carbocycles. The lowest BCUT2D eigenvalue weighted by Crippen LogP contribution is -2.38. The van der Waals surface area contributed by atoms with Gasteiger partial charge < -0.3 is 14.4 Å². The number of nitrogens with zero attached hydrogens (tertiary/aromatic N) is 2. The van der Waals surface area contributed by atoms with Crippen LogP contribution in [0.25, 0.3) is 0 Å². The molecule has 112 valence electrons. The number of hydrogen-bond donors (Lipinski definition) is 0. The van der Waals surface area contributed by atoms with Gasteiger partial charge in [-0.1, -0.05) is 11.6 Å². The van der Waals surface area contributed by atoms with Crippen LogP contribution in [0.1, 0.15) is 6.92 Å². The Morgan fingerprint density at radius 3 is 3.00 bits per heavy atom. The molecule has 0 N–H and O–H groups in total. The highest BCUT2D eigenvalue weighted by atomic mass is 19.1. The second-order valence-electron chi connectivity index (χ2n) is 4.65. The molecule has 2 bridgehead atoms. The van der Waals surface area contributed by atoms with Gasteiger partial charge in [-0.3, -0.25) is 0 Å². The lowest BCUT2D eigenvalue weighted by molar-refractivity contribution is -0.223. The Kier molecular flexibility index (Phi) is 4.56. The Labute approximate surface area is 115 Å². The number of halogens is 1. The van der Waals surface area contributed by atoms with Crippen LogP contribution in [0.2, 0.25) is 0 Å². The molecule has 0 spiro atoms. The first kappa shape index (κ1) is 14.7. The van der Waals surface area contributed by atoms with Crippen molar-refractivity contribution in [1.29, 1.82) is 0 Å². The Bertz CT molecular complexity index is 428. The molecule has 2 aliphatic rings. The van der Waals surface area contributed by atoms with Crippen molar-refractivity contribution in [2.24, 2.45) is 0 Å². The van der Waals surface area contributed by atoms with Gasteiger partial charge >= 0.3 is 18.4 Å². The van der Waals surface area contributed by atoms with Gasteiger partial charge in [0.15, 0.2) is 0 Å². The molecule has 2 amide bonds. The van der Waals surface area contributed by atoms with E-state index in [-0.39, 0.29) is 19.3 Å². The van der Waals surface area contributed by atoms with Crippen molar-refractivity contribution < 1.29 is 28.3 Å². The largest absolute Gasteiger partial charge is 0.459 e. The summed E-state index contributed by atoms with van der Waals surface area (Å²) in [6.45, 7) is 2.90. The fraction of sp³-hybridized carbons (Fsp3) is 0.667. The summed E-state index contributed by atoms with van der Waals surface area (Å²) in [6.07, 6.45) is -0.505. The van der Waals surface area contributed by atoms with E-state index < -0.39 is 18.4 Å². The van der Waals surface area contributed by atoms with Crippen LogP contribution in [-0.4, -0.2) is 67.8 Å². The molecular weight excluding hydrogens is 271 g/mol. The maximum absolute atomic E-state index is 13.6. The quantitative estimate of drug-likeness (QED) is 0.404. The highest BCUT2D eigenvalue weighted by Crippen LogP contribution is 2.25. The first-order chi connectivity index (χ1) is 9.52. The Hall–Kier alpha value is -1.67. The van der Waals surface area contributed by atoms with Crippen molar-refractivity contribution in [3.05, 3.63) is 11.6 Å². The monoisotopic (exact) mass is 288 g/mol. The summed E-state index contributed by atoms with van der Waals surface area (Å²) in [5, 5.41) is 0.888. The topological polar surface area (TPSA) is 68.3 Å². The SMILES string of the molecule is COCCOC(=O)[C@H](F)ON1C(=O)N2CC(C)=C[C@H]1C2. The van der Waals surface area contributed by atoms with E-state index in [1.54, 1.807) is 0 Å². The number of hydroxylamine groups is 2. The first-order valence-corrected chi connectivity index (χ1v) is 6.24. The zero-order valence-corrected chi connectivity index (χ0v) is 11.4. The van der Waals surface area contributed by atoms with Crippen molar-refractivity contribution in [3.63, 3.8) is 0 Å². The van der Waals surface area contributed by atoms with Crippen molar-refractivity contribution >= 4 is 12.0 Å². The molecule has 1 fully saturated rings. The van der Waals surface area contributed by atoms with E-state index in [9.17, 15) is 14.0 Å². The maximum atomic E-state index is 13.6. The maximum Gasteiger partial charge on any atom is 0.371 e. The van der Waals surface area contributed by atoms with Gasteiger partial charge in [-0.05, 0) is 6.92 Å². The Morgan fingerprint density at radius 2 is 2.30 bits per heavy atom. The summed E-state index contributed by atoms with van der Waals surface area (Å²) in [5.74, 6) is -1.17. The average Bonchev–Trinajstić information content (AvgIpc) is 2.62. The highest BCUT2D eigenvalue weighted by Gasteiger charge is 2.42. The van der Waals surface area contributed by atoms with Gasteiger partial charge in [0, 0.05) is 20.2 Å². The number of hydrogen-bond acceptors (Lipinski definition) is 5. The highest BCUT2D eigenvalue weighted by molar-refractivity contribution is 5.78. The van der Waals surface area contributed by atoms with Crippen molar-refractivity contribution in [1.82, 2.24) is 9.96 Å². The summed E-state index contributed by atoms with van der Waals surface area (Å²) in [6, 6.07) is -0.822. The van der Waals surface area contributed by atoms with Gasteiger partial charge in [-0.15, -0.1) is 0 Å². The molecule has 2 rings (SSSR count). The predicted molar refractivity (Wildman–Crippen MR) is 65.2 cm³/mol. The smallest absolute Gasteiger partial charge is 0.371 e. The van der Waals surface area contributed by atoms with E-state index in [0.29, 0.717) is 13.1 Å². The van der Waals surface area contributed by atoms with E-state index in [1.807, 2.05) is 13.0 Å². The van der Waals surface area contributed by atoms with E-state index >= 15 is 0 Å². The summed E-state index contributed by atoms with van der Waals surface area (Å²) < 4.78 is 22.9. The Balaban J connectivity index is 1.89. The summed E-state index contributed by atoms with van der Waals surface area (Å²) in [7, 11) is 1.43. The molecule has 0 aliphatic carbocycles. The zero-order chi connectivity index (χ0) is 14.7. The normalized spacial score (nSPS) is 22.9. The molecule has 2 heterocycles. The van der Waals surface area contributed by atoms with Crippen molar-refractivity contribution in [3.8, 4) is 0 Å². The number of alkyl halides is 1. The fourth-order valence-corrected chi connectivity index (χ4v) is 2.15. The number of methoxy groups -OCH3 is 1. The Morgan fingerprint density at radius 1 is 1.55 bits per heavy atom. The van der Waals surface area contributed by atoms with Crippen molar-refractivity contribution in [2.75, 3.05) is 33.4 Å². The molecule has 1 saturated heterocycles. The van der Waals surface area contributed by atoms with Crippen LogP contribution >= 0.6 is 0 Å². The van der Waals surface area contributed by atoms with Gasteiger partial charge in [0.2, 0.25) is 0 Å². The minimum absolute atomic E-state index is 0.0678. The molecule has 8 heteroatoms. The lowest BCUT2D eigenvalue weighted by atomic mass is 10.1. The van der Waals surface area contributed by atoms with Gasteiger partial charge in [0.25, 0.3) is 0 Å². The molecule has 0 unspecified atom stereocenters. The third kappa shape index (κ3) is 3.07. The summed E-state index contributed by atoms with van der Waals surface area (Å²) in [5.41, 5.74) is 0.999. The molecule has 2 aliphatic heterocycles. The van der Waals surface area contributed by atoms with E-state index in [1.165, 1.54) is 12.0 Å². The number of urea groups is 1. The van der Waals surface area contributed by atoms with Gasteiger partial charge in [0.05, 0.1) is 12.6 Å². The van der Waals surface area contributed by atoms with Crippen LogP contribution in [0.3, 0.4) is 0 Å². The molecule has 0 aromatic rings. The van der Waals surface area contributed by atoms with Crippen molar-refractivity contribution in [2.45, 2.75) is 19.3 Å². The molecule has 2 atom stereocenters. The first-order valence-electron chi connectivity index (χ1n) is 6.24. The van der Waals surface area contributed by atoms with Crippen LogP contribution in [0, 0.1) is 0 Å². The fourth-order valence-electron chi connectivity index (χ4n) is 2.15. The molecular formula is C12H17FN2O5. The zero-order valence-electron chi connectivity index (χ0n) is 11.4. The minimum Gasteiger partial charge on any atom is -0.459 e. The van der Waals surface area contributed by atoms with Gasteiger partial charge in [-0.2, -0.15) is 5.06 Å². The second kappa shape index (κ2) is 6.19. The standard InChI is InChI=1S/C12H17FN2O5/c1-8-5-9-7-14(6-8)12(17)15(9)20-10(13)11(16)19-4-3-18-2/h5,9-10H,3-4,6-7H2,1-2H3/t9-,10+/m0/s1. The number of rotatable bonds is 6. The molecule has 0 aromatic heterocycles. The predicted octanol–water partition coefficient (Wildman–Crippen LogP) is 0.469. The molecule has 0 radical (unpaired) electrons. The van der Waals surface area contributed by atoms with Crippen LogP contribution in [-0.2, 0) is 19.1 Å². The average molecular weight is 288 g/mol. The second-order valence-corrected chi connectivity index (χ2v) is 4.65. The van der Waals surface area contributed by atoms with Crippen LogP contribution in [0.4, 0.5) is 9.18 Å². The van der Waals surface area contributed by atoms with E-state index in [2.05, 4.69) is 9.47 Å². The third-order valence-electron chi connectivity index (χ3n) is 3.01. The number of carbonyl (C=O) groups excluding carboxylic acids is 2. The van der Waals surface area contributed by atoms with Crippen LogP contribution in [0.15, 0.2) is 11.6 Å². The molecule has 20 heavy (non-hydrogen) atoms. The number of fused-ring (bicyclic) bond motifs is 2. The number of amides is 2. The lowest BCUT2D eigenvalue weighted by Gasteiger charge is -2.21. The number of carbonyl (C=O) groups is 2.